The van der Waals surface area contributed by atoms with Gasteiger partial charge >= 0.3 is 0 Å². The molecule has 0 aliphatic carbocycles. The van der Waals surface area contributed by atoms with Gasteiger partial charge in [-0.2, -0.15) is 4.72 Å². The third kappa shape index (κ3) is 5.20. The lowest BCUT2D eigenvalue weighted by Crippen LogP contribution is -2.54. The van der Waals surface area contributed by atoms with Gasteiger partial charge in [0.05, 0.1) is 18.0 Å². The van der Waals surface area contributed by atoms with Crippen LogP contribution in [0.1, 0.15) is 6.92 Å². The molecule has 7 nitrogen and oxygen atoms in total. The van der Waals surface area contributed by atoms with Crippen LogP contribution in [0, 0.1) is 0 Å². The van der Waals surface area contributed by atoms with Gasteiger partial charge in [-0.3, -0.25) is 4.79 Å². The standard InChI is InChI=1S/C20H24ClN3O4S/c1-15(22-29(26,27)19-8-6-18(28-2)7-9-19)20(25)24-12-10-23(11-13-24)17-5-3-4-16(21)14-17/h3-9,14-15,22H,10-13H2,1-2H3/t15-/m0/s1. The Kier molecular flexibility index (Phi) is 6.66. The van der Waals surface area contributed by atoms with Crippen molar-refractivity contribution in [2.45, 2.75) is 17.9 Å². The Hall–Kier alpha value is -2.29. The van der Waals surface area contributed by atoms with Crippen LogP contribution in [0.2, 0.25) is 5.02 Å². The van der Waals surface area contributed by atoms with Gasteiger partial charge in [0.1, 0.15) is 5.75 Å². The van der Waals surface area contributed by atoms with Crippen LogP contribution in [0.3, 0.4) is 0 Å². The number of piperazine rings is 1. The molecule has 2 aromatic carbocycles. The van der Waals surface area contributed by atoms with Crippen molar-refractivity contribution in [2.75, 3.05) is 38.2 Å². The number of amides is 1. The number of nitrogens with zero attached hydrogens (tertiary/aromatic N) is 2. The Bertz CT molecular complexity index is 958. The molecule has 1 aliphatic rings. The molecule has 156 valence electrons. The molecule has 0 radical (unpaired) electrons. The highest BCUT2D eigenvalue weighted by Crippen LogP contribution is 2.21. The fourth-order valence-corrected chi connectivity index (χ4v) is 4.62. The summed E-state index contributed by atoms with van der Waals surface area (Å²) < 4.78 is 32.6. The van der Waals surface area contributed by atoms with Crippen molar-refractivity contribution in [3.63, 3.8) is 0 Å². The summed E-state index contributed by atoms with van der Waals surface area (Å²) in [5, 5.41) is 0.669. The van der Waals surface area contributed by atoms with E-state index in [-0.39, 0.29) is 10.8 Å². The highest BCUT2D eigenvalue weighted by Gasteiger charge is 2.28. The van der Waals surface area contributed by atoms with E-state index in [9.17, 15) is 13.2 Å². The number of carbonyl (C=O) groups excluding carboxylic acids is 1. The minimum absolute atomic E-state index is 0.0868. The lowest BCUT2D eigenvalue weighted by Gasteiger charge is -2.37. The second-order valence-electron chi connectivity index (χ2n) is 6.81. The number of sulfonamides is 1. The fourth-order valence-electron chi connectivity index (χ4n) is 3.24. The van der Waals surface area contributed by atoms with E-state index in [1.165, 1.54) is 19.2 Å². The lowest BCUT2D eigenvalue weighted by atomic mass is 10.2. The summed E-state index contributed by atoms with van der Waals surface area (Å²) in [5.41, 5.74) is 1.01. The average molecular weight is 438 g/mol. The highest BCUT2D eigenvalue weighted by molar-refractivity contribution is 7.89. The molecule has 0 spiro atoms. The molecule has 1 heterocycles. The number of nitrogens with one attached hydrogen (secondary N) is 1. The topological polar surface area (TPSA) is 78.9 Å². The maximum atomic E-state index is 12.7. The average Bonchev–Trinajstić information content (AvgIpc) is 2.73. The normalized spacial score (nSPS) is 15.8. The number of ether oxygens (including phenoxy) is 1. The lowest BCUT2D eigenvalue weighted by molar-refractivity contribution is -0.132. The van der Waals surface area contributed by atoms with Gasteiger partial charge in [-0.1, -0.05) is 17.7 Å². The summed E-state index contributed by atoms with van der Waals surface area (Å²) in [6.45, 7) is 3.90. The van der Waals surface area contributed by atoms with E-state index in [1.54, 1.807) is 24.0 Å². The predicted molar refractivity (Wildman–Crippen MR) is 113 cm³/mol. The van der Waals surface area contributed by atoms with Crippen molar-refractivity contribution >= 4 is 33.2 Å². The smallest absolute Gasteiger partial charge is 0.241 e. The maximum absolute atomic E-state index is 12.7. The van der Waals surface area contributed by atoms with Crippen LogP contribution >= 0.6 is 11.6 Å². The zero-order chi connectivity index (χ0) is 21.0. The summed E-state index contributed by atoms with van der Waals surface area (Å²) in [7, 11) is -2.30. The Morgan fingerprint density at radius 1 is 1.10 bits per heavy atom. The minimum Gasteiger partial charge on any atom is -0.497 e. The third-order valence-electron chi connectivity index (χ3n) is 4.84. The van der Waals surface area contributed by atoms with Gasteiger partial charge in [-0.15, -0.1) is 0 Å². The van der Waals surface area contributed by atoms with Gasteiger partial charge in [0.2, 0.25) is 15.9 Å². The Morgan fingerprint density at radius 2 is 1.76 bits per heavy atom. The van der Waals surface area contributed by atoms with Gasteiger partial charge in [0.25, 0.3) is 0 Å². The van der Waals surface area contributed by atoms with Crippen LogP contribution in [-0.4, -0.2) is 58.6 Å². The molecule has 1 fully saturated rings. The molecule has 1 N–H and O–H groups in total. The van der Waals surface area contributed by atoms with E-state index < -0.39 is 16.1 Å². The molecule has 0 aromatic heterocycles. The first-order chi connectivity index (χ1) is 13.8. The largest absolute Gasteiger partial charge is 0.497 e. The molecule has 29 heavy (non-hydrogen) atoms. The maximum Gasteiger partial charge on any atom is 0.241 e. The molecule has 1 amide bonds. The van der Waals surface area contributed by atoms with E-state index in [1.807, 2.05) is 24.3 Å². The molecular weight excluding hydrogens is 414 g/mol. The summed E-state index contributed by atoms with van der Waals surface area (Å²) in [5.74, 6) is 0.318. The molecular formula is C20H24ClN3O4S. The number of methoxy groups -OCH3 is 1. The van der Waals surface area contributed by atoms with Crippen molar-refractivity contribution in [2.24, 2.45) is 0 Å². The molecule has 2 aromatic rings. The van der Waals surface area contributed by atoms with E-state index >= 15 is 0 Å². The van der Waals surface area contributed by atoms with Crippen LogP contribution in [-0.2, 0) is 14.8 Å². The van der Waals surface area contributed by atoms with Crippen LogP contribution < -0.4 is 14.4 Å². The molecule has 9 heteroatoms. The van der Waals surface area contributed by atoms with Gasteiger partial charge in [-0.05, 0) is 49.4 Å². The molecule has 0 saturated carbocycles. The van der Waals surface area contributed by atoms with Crippen LogP contribution in [0.25, 0.3) is 0 Å². The van der Waals surface area contributed by atoms with Gasteiger partial charge in [-0.25, -0.2) is 8.42 Å². The number of hydrogen-bond donors (Lipinski definition) is 1. The van der Waals surface area contributed by atoms with Gasteiger partial charge in [0.15, 0.2) is 0 Å². The van der Waals surface area contributed by atoms with Crippen LogP contribution in [0.15, 0.2) is 53.4 Å². The van der Waals surface area contributed by atoms with Crippen LogP contribution in [0.5, 0.6) is 5.75 Å². The van der Waals surface area contributed by atoms with E-state index in [4.69, 9.17) is 16.3 Å². The molecule has 3 rings (SSSR count). The molecule has 1 atom stereocenters. The molecule has 1 aliphatic heterocycles. The number of rotatable bonds is 6. The van der Waals surface area contributed by atoms with Crippen molar-refractivity contribution < 1.29 is 17.9 Å². The Morgan fingerprint density at radius 3 is 2.34 bits per heavy atom. The van der Waals surface area contributed by atoms with Crippen molar-refractivity contribution in [1.29, 1.82) is 0 Å². The van der Waals surface area contributed by atoms with Gasteiger partial charge < -0.3 is 14.5 Å². The number of anilines is 1. The summed E-state index contributed by atoms with van der Waals surface area (Å²) in [6, 6.07) is 12.8. The van der Waals surface area contributed by atoms with Crippen molar-refractivity contribution in [1.82, 2.24) is 9.62 Å². The van der Waals surface area contributed by atoms with Crippen LogP contribution in [0.4, 0.5) is 5.69 Å². The quantitative estimate of drug-likeness (QED) is 0.750. The molecule has 0 bridgehead atoms. The summed E-state index contributed by atoms with van der Waals surface area (Å²) in [6.07, 6.45) is 0. The summed E-state index contributed by atoms with van der Waals surface area (Å²) >= 11 is 6.05. The minimum atomic E-state index is -3.80. The van der Waals surface area contributed by atoms with Crippen molar-refractivity contribution in [3.05, 3.63) is 53.6 Å². The first-order valence-electron chi connectivity index (χ1n) is 9.26. The van der Waals surface area contributed by atoms with Gasteiger partial charge in [0, 0.05) is 36.9 Å². The zero-order valence-corrected chi connectivity index (χ0v) is 17.9. The van der Waals surface area contributed by atoms with E-state index in [2.05, 4.69) is 9.62 Å². The fraction of sp³-hybridized carbons (Fsp3) is 0.350. The number of hydrogen-bond acceptors (Lipinski definition) is 5. The first-order valence-corrected chi connectivity index (χ1v) is 11.1. The Labute approximate surface area is 176 Å². The highest BCUT2D eigenvalue weighted by atomic mass is 35.5. The first kappa shape index (κ1) is 21.4. The number of halogens is 1. The monoisotopic (exact) mass is 437 g/mol. The molecule has 0 unspecified atom stereocenters. The number of carbonyl (C=O) groups is 1. The predicted octanol–water partition coefficient (Wildman–Crippen LogP) is 2.36. The second kappa shape index (κ2) is 9.02. The number of benzene rings is 2. The third-order valence-corrected chi connectivity index (χ3v) is 6.63. The zero-order valence-electron chi connectivity index (χ0n) is 16.3. The molecule has 1 saturated heterocycles. The Balaban J connectivity index is 1.59. The van der Waals surface area contributed by atoms with Crippen molar-refractivity contribution in [3.8, 4) is 5.75 Å². The summed E-state index contributed by atoms with van der Waals surface area (Å²) in [4.78, 5) is 16.7. The second-order valence-corrected chi connectivity index (χ2v) is 8.96. The van der Waals surface area contributed by atoms with E-state index in [0.717, 1.165) is 5.69 Å². The SMILES string of the molecule is COc1ccc(S(=O)(=O)N[C@@H](C)C(=O)N2CCN(c3cccc(Cl)c3)CC2)cc1. The van der Waals surface area contributed by atoms with E-state index in [0.29, 0.717) is 37.0 Å².